The molecular formula is C17H25N3O3. The first kappa shape index (κ1) is 17.3. The molecule has 1 N–H and O–H groups in total. The second kappa shape index (κ2) is 7.00. The highest BCUT2D eigenvalue weighted by Crippen LogP contribution is 2.29. The molecule has 0 unspecified atom stereocenters. The molecule has 0 spiro atoms. The van der Waals surface area contributed by atoms with E-state index in [9.17, 15) is 9.59 Å². The summed E-state index contributed by atoms with van der Waals surface area (Å²) < 4.78 is 6.14. The van der Waals surface area contributed by atoms with Crippen LogP contribution in [-0.2, 0) is 4.79 Å². The van der Waals surface area contributed by atoms with Crippen molar-refractivity contribution in [2.24, 2.45) is 5.92 Å². The van der Waals surface area contributed by atoms with E-state index in [-0.39, 0.29) is 23.8 Å². The summed E-state index contributed by atoms with van der Waals surface area (Å²) in [5.41, 5.74) is 1.08. The molecule has 126 valence electrons. The van der Waals surface area contributed by atoms with Gasteiger partial charge in [0.05, 0.1) is 5.56 Å². The van der Waals surface area contributed by atoms with Gasteiger partial charge in [0.1, 0.15) is 11.9 Å². The Morgan fingerprint density at radius 3 is 2.74 bits per heavy atom. The van der Waals surface area contributed by atoms with Gasteiger partial charge in [0.2, 0.25) is 5.91 Å². The smallest absolute Gasteiger partial charge is 0.257 e. The van der Waals surface area contributed by atoms with Crippen LogP contribution in [0.4, 0.5) is 5.69 Å². The van der Waals surface area contributed by atoms with Gasteiger partial charge in [0.15, 0.2) is 0 Å². The molecule has 1 aliphatic rings. The molecule has 6 nitrogen and oxygen atoms in total. The molecule has 0 bridgehead atoms. The number of carbonyl (C=O) groups excluding carboxylic acids is 2. The van der Waals surface area contributed by atoms with Crippen molar-refractivity contribution in [1.82, 2.24) is 9.80 Å². The van der Waals surface area contributed by atoms with Crippen LogP contribution in [0.15, 0.2) is 18.2 Å². The number of hydrogen-bond donors (Lipinski definition) is 1. The van der Waals surface area contributed by atoms with Gasteiger partial charge >= 0.3 is 0 Å². The fraction of sp³-hybridized carbons (Fsp3) is 0.529. The number of likely N-dealkylation sites (N-methyl/N-ethyl adjacent to an activating group) is 1. The molecule has 2 amide bonds. The number of nitrogens with zero attached hydrogens (tertiary/aromatic N) is 2. The Balaban J connectivity index is 2.39. The van der Waals surface area contributed by atoms with E-state index in [2.05, 4.69) is 17.1 Å². The molecule has 0 saturated carbocycles. The van der Waals surface area contributed by atoms with E-state index in [1.54, 1.807) is 30.1 Å². The van der Waals surface area contributed by atoms with Gasteiger partial charge in [0.25, 0.3) is 5.91 Å². The first-order chi connectivity index (χ1) is 10.8. The Morgan fingerprint density at radius 1 is 1.43 bits per heavy atom. The summed E-state index contributed by atoms with van der Waals surface area (Å²) in [4.78, 5) is 27.6. The third-order valence-electron chi connectivity index (χ3n) is 3.90. The topological polar surface area (TPSA) is 61.9 Å². The summed E-state index contributed by atoms with van der Waals surface area (Å²) in [7, 11) is 5.81. The highest BCUT2D eigenvalue weighted by atomic mass is 16.5. The third kappa shape index (κ3) is 4.22. The van der Waals surface area contributed by atoms with Crippen molar-refractivity contribution >= 4 is 17.5 Å². The zero-order chi connectivity index (χ0) is 17.1. The molecule has 0 fully saturated rings. The number of anilines is 1. The molecule has 1 heterocycles. The van der Waals surface area contributed by atoms with E-state index in [0.29, 0.717) is 23.5 Å². The van der Waals surface area contributed by atoms with Gasteiger partial charge in [-0.1, -0.05) is 6.92 Å². The van der Waals surface area contributed by atoms with Crippen LogP contribution in [0.2, 0.25) is 0 Å². The molecule has 6 heteroatoms. The van der Waals surface area contributed by atoms with Crippen molar-refractivity contribution in [3.63, 3.8) is 0 Å². The van der Waals surface area contributed by atoms with E-state index in [1.807, 2.05) is 14.1 Å². The molecule has 0 aliphatic carbocycles. The van der Waals surface area contributed by atoms with Gasteiger partial charge in [-0.05, 0) is 32.3 Å². The SMILES string of the molecule is CC(=O)Nc1ccc2c(c1)C(=O)N(C)C[C@@H](C)[C@@H](CN(C)C)O2. The number of fused-ring (bicyclic) bond motifs is 1. The van der Waals surface area contributed by atoms with Crippen molar-refractivity contribution in [3.05, 3.63) is 23.8 Å². The Labute approximate surface area is 137 Å². The van der Waals surface area contributed by atoms with Crippen molar-refractivity contribution in [2.75, 3.05) is 39.5 Å². The average molecular weight is 319 g/mol. The zero-order valence-electron chi connectivity index (χ0n) is 14.4. The normalized spacial score (nSPS) is 21.3. The van der Waals surface area contributed by atoms with Gasteiger partial charge in [-0.3, -0.25) is 9.59 Å². The van der Waals surface area contributed by atoms with Crippen molar-refractivity contribution in [1.29, 1.82) is 0 Å². The monoisotopic (exact) mass is 319 g/mol. The predicted octanol–water partition coefficient (Wildman–Crippen LogP) is 1.68. The van der Waals surface area contributed by atoms with Crippen LogP contribution in [0.25, 0.3) is 0 Å². The van der Waals surface area contributed by atoms with E-state index in [1.165, 1.54) is 6.92 Å². The molecule has 0 aromatic heterocycles. The van der Waals surface area contributed by atoms with Crippen molar-refractivity contribution in [3.8, 4) is 5.75 Å². The van der Waals surface area contributed by atoms with Crippen LogP contribution in [0.3, 0.4) is 0 Å². The van der Waals surface area contributed by atoms with Gasteiger partial charge in [-0.2, -0.15) is 0 Å². The predicted molar refractivity (Wildman–Crippen MR) is 89.8 cm³/mol. The molecule has 1 aromatic carbocycles. The van der Waals surface area contributed by atoms with Gasteiger partial charge < -0.3 is 19.9 Å². The number of benzene rings is 1. The van der Waals surface area contributed by atoms with Gasteiger partial charge in [-0.25, -0.2) is 0 Å². The molecule has 0 saturated heterocycles. The second-order valence-electron chi connectivity index (χ2n) is 6.47. The molecule has 23 heavy (non-hydrogen) atoms. The molecule has 0 radical (unpaired) electrons. The van der Waals surface area contributed by atoms with Crippen LogP contribution < -0.4 is 10.1 Å². The first-order valence-electron chi connectivity index (χ1n) is 7.76. The van der Waals surface area contributed by atoms with Crippen molar-refractivity contribution < 1.29 is 14.3 Å². The van der Waals surface area contributed by atoms with E-state index < -0.39 is 0 Å². The van der Waals surface area contributed by atoms with E-state index in [0.717, 1.165) is 6.54 Å². The van der Waals surface area contributed by atoms with Crippen LogP contribution in [0, 0.1) is 5.92 Å². The number of hydrogen-bond acceptors (Lipinski definition) is 4. The summed E-state index contributed by atoms with van der Waals surface area (Å²) >= 11 is 0. The lowest BCUT2D eigenvalue weighted by Gasteiger charge is -2.34. The standard InChI is InChI=1S/C17H25N3O3/c1-11-9-20(5)17(22)14-8-13(18-12(2)21)6-7-15(14)23-16(11)10-19(3)4/h6-8,11,16H,9-10H2,1-5H3,(H,18,21)/t11-,16-/m1/s1. The summed E-state index contributed by atoms with van der Waals surface area (Å²) in [6.07, 6.45) is -0.00841. The summed E-state index contributed by atoms with van der Waals surface area (Å²) in [6, 6.07) is 5.19. The minimum absolute atomic E-state index is 0.00841. The van der Waals surface area contributed by atoms with Crippen LogP contribution >= 0.6 is 0 Å². The third-order valence-corrected chi connectivity index (χ3v) is 3.90. The molecular weight excluding hydrogens is 294 g/mol. The lowest BCUT2D eigenvalue weighted by atomic mass is 10.0. The van der Waals surface area contributed by atoms with E-state index in [4.69, 9.17) is 4.74 Å². The Morgan fingerprint density at radius 2 is 2.13 bits per heavy atom. The largest absolute Gasteiger partial charge is 0.488 e. The van der Waals surface area contributed by atoms with Gasteiger partial charge in [0, 0.05) is 38.7 Å². The Hall–Kier alpha value is -2.08. The number of nitrogens with one attached hydrogen (secondary N) is 1. The van der Waals surface area contributed by atoms with Crippen molar-refractivity contribution in [2.45, 2.75) is 20.0 Å². The average Bonchev–Trinajstić information content (AvgIpc) is 2.45. The Bertz CT molecular complexity index is 601. The molecule has 1 aromatic rings. The van der Waals surface area contributed by atoms with Gasteiger partial charge in [-0.15, -0.1) is 0 Å². The second-order valence-corrected chi connectivity index (χ2v) is 6.47. The number of rotatable bonds is 3. The number of carbonyl (C=O) groups is 2. The van der Waals surface area contributed by atoms with Crippen LogP contribution in [-0.4, -0.2) is 62.0 Å². The fourth-order valence-corrected chi connectivity index (χ4v) is 2.78. The quantitative estimate of drug-likeness (QED) is 0.921. The zero-order valence-corrected chi connectivity index (χ0v) is 14.4. The van der Waals surface area contributed by atoms with E-state index >= 15 is 0 Å². The minimum Gasteiger partial charge on any atom is -0.488 e. The Kier molecular flexibility index (Phi) is 5.26. The highest BCUT2D eigenvalue weighted by molar-refractivity contribution is 5.99. The maximum Gasteiger partial charge on any atom is 0.257 e. The maximum absolute atomic E-state index is 12.6. The lowest BCUT2D eigenvalue weighted by Crippen LogP contribution is -2.44. The summed E-state index contributed by atoms with van der Waals surface area (Å²) in [5, 5.41) is 2.71. The summed E-state index contributed by atoms with van der Waals surface area (Å²) in [6.45, 7) is 4.93. The molecule has 1 aliphatic heterocycles. The maximum atomic E-state index is 12.6. The first-order valence-corrected chi connectivity index (χ1v) is 7.76. The fourth-order valence-electron chi connectivity index (χ4n) is 2.78. The number of amides is 2. The van der Waals surface area contributed by atoms with Crippen LogP contribution in [0.5, 0.6) is 5.75 Å². The summed E-state index contributed by atoms with van der Waals surface area (Å²) in [5.74, 6) is 0.517. The minimum atomic E-state index is -0.170. The lowest BCUT2D eigenvalue weighted by molar-refractivity contribution is -0.114. The van der Waals surface area contributed by atoms with Crippen LogP contribution in [0.1, 0.15) is 24.2 Å². The molecule has 2 rings (SSSR count). The number of ether oxygens (including phenoxy) is 1. The molecule has 2 atom stereocenters. The highest BCUT2D eigenvalue weighted by Gasteiger charge is 2.29.